The zero-order valence-electron chi connectivity index (χ0n) is 9.82. The molecule has 1 aromatic carbocycles. The molecule has 1 fully saturated rings. The molecule has 0 unspecified atom stereocenters. The zero-order chi connectivity index (χ0) is 12.1. The molecule has 0 spiro atoms. The van der Waals surface area contributed by atoms with Gasteiger partial charge in [-0.1, -0.05) is 25.0 Å². The zero-order valence-corrected chi connectivity index (χ0v) is 9.82. The Morgan fingerprint density at radius 2 is 1.94 bits per heavy atom. The second-order valence-electron chi connectivity index (χ2n) is 4.46. The van der Waals surface area contributed by atoms with E-state index < -0.39 is 0 Å². The fourth-order valence-corrected chi connectivity index (χ4v) is 2.18. The Hall–Kier alpha value is -1.42. The minimum Gasteiger partial charge on any atom is -0.312 e. The van der Waals surface area contributed by atoms with Crippen LogP contribution in [0, 0.1) is 5.82 Å². The number of hydrogen-bond acceptors (Lipinski definition) is 2. The first-order valence-corrected chi connectivity index (χ1v) is 6.05. The monoisotopic (exact) mass is 235 g/mol. The van der Waals surface area contributed by atoms with E-state index in [2.05, 4.69) is 10.4 Å². The Morgan fingerprint density at radius 3 is 2.53 bits per heavy atom. The van der Waals surface area contributed by atoms with Gasteiger partial charge in [0, 0.05) is 6.42 Å². The van der Waals surface area contributed by atoms with Crippen molar-refractivity contribution >= 4 is 5.84 Å². The van der Waals surface area contributed by atoms with Gasteiger partial charge in [-0.3, -0.25) is 4.99 Å². The SMILES string of the molecule is NNC(Cc1ccc(F)cc1)=NC1CCCC1. The van der Waals surface area contributed by atoms with E-state index in [1.807, 2.05) is 0 Å². The molecule has 17 heavy (non-hydrogen) atoms. The highest BCUT2D eigenvalue weighted by atomic mass is 19.1. The third kappa shape index (κ3) is 3.53. The van der Waals surface area contributed by atoms with E-state index in [9.17, 15) is 4.39 Å². The van der Waals surface area contributed by atoms with Crippen LogP contribution in [0.1, 0.15) is 31.2 Å². The third-order valence-corrected chi connectivity index (χ3v) is 3.11. The smallest absolute Gasteiger partial charge is 0.123 e. The first-order chi connectivity index (χ1) is 8.28. The van der Waals surface area contributed by atoms with Crippen LogP contribution in [0.15, 0.2) is 29.3 Å². The summed E-state index contributed by atoms with van der Waals surface area (Å²) < 4.78 is 12.8. The van der Waals surface area contributed by atoms with Crippen LogP contribution in [0.2, 0.25) is 0 Å². The number of amidine groups is 1. The van der Waals surface area contributed by atoms with Gasteiger partial charge >= 0.3 is 0 Å². The van der Waals surface area contributed by atoms with E-state index in [0.29, 0.717) is 12.5 Å². The quantitative estimate of drug-likeness (QED) is 0.365. The van der Waals surface area contributed by atoms with Crippen LogP contribution >= 0.6 is 0 Å². The van der Waals surface area contributed by atoms with Gasteiger partial charge < -0.3 is 5.43 Å². The van der Waals surface area contributed by atoms with Gasteiger partial charge in [-0.05, 0) is 30.5 Å². The number of nitrogens with zero attached hydrogens (tertiary/aromatic N) is 1. The molecule has 0 atom stereocenters. The second-order valence-corrected chi connectivity index (χ2v) is 4.46. The molecule has 2 rings (SSSR count). The lowest BCUT2D eigenvalue weighted by molar-refractivity contribution is 0.627. The normalized spacial score (nSPS) is 17.4. The average molecular weight is 235 g/mol. The highest BCUT2D eigenvalue weighted by Crippen LogP contribution is 2.21. The fourth-order valence-electron chi connectivity index (χ4n) is 2.18. The molecule has 0 bridgehead atoms. The van der Waals surface area contributed by atoms with Gasteiger partial charge in [0.25, 0.3) is 0 Å². The number of halogens is 1. The van der Waals surface area contributed by atoms with Crippen molar-refractivity contribution in [3.8, 4) is 0 Å². The Bertz CT molecular complexity index is 380. The van der Waals surface area contributed by atoms with E-state index in [0.717, 1.165) is 24.2 Å². The Morgan fingerprint density at radius 1 is 1.29 bits per heavy atom. The van der Waals surface area contributed by atoms with Gasteiger partial charge in [0.15, 0.2) is 0 Å². The molecule has 92 valence electrons. The maximum absolute atomic E-state index is 12.8. The van der Waals surface area contributed by atoms with Gasteiger partial charge in [-0.25, -0.2) is 10.2 Å². The Balaban J connectivity index is 2.01. The van der Waals surface area contributed by atoms with Gasteiger partial charge in [0.2, 0.25) is 0 Å². The number of hydrogen-bond donors (Lipinski definition) is 2. The highest BCUT2D eigenvalue weighted by molar-refractivity contribution is 5.84. The van der Waals surface area contributed by atoms with Crippen LogP contribution in [0.3, 0.4) is 0 Å². The van der Waals surface area contributed by atoms with Crippen molar-refractivity contribution in [2.45, 2.75) is 38.1 Å². The summed E-state index contributed by atoms with van der Waals surface area (Å²) in [5, 5.41) is 0. The van der Waals surface area contributed by atoms with Crippen LogP contribution < -0.4 is 11.3 Å². The predicted molar refractivity (Wildman–Crippen MR) is 67.1 cm³/mol. The van der Waals surface area contributed by atoms with E-state index in [1.165, 1.54) is 25.0 Å². The van der Waals surface area contributed by atoms with E-state index in [4.69, 9.17) is 5.84 Å². The minimum atomic E-state index is -0.219. The van der Waals surface area contributed by atoms with Gasteiger partial charge in [0.1, 0.15) is 11.7 Å². The molecule has 0 heterocycles. The lowest BCUT2D eigenvalue weighted by atomic mass is 10.1. The van der Waals surface area contributed by atoms with Crippen molar-refractivity contribution in [1.29, 1.82) is 0 Å². The number of nitrogens with one attached hydrogen (secondary N) is 1. The fraction of sp³-hybridized carbons (Fsp3) is 0.462. The van der Waals surface area contributed by atoms with Crippen molar-refractivity contribution < 1.29 is 4.39 Å². The van der Waals surface area contributed by atoms with Crippen LogP contribution in [0.5, 0.6) is 0 Å². The van der Waals surface area contributed by atoms with Crippen LogP contribution in [-0.2, 0) is 6.42 Å². The van der Waals surface area contributed by atoms with Crippen molar-refractivity contribution in [1.82, 2.24) is 5.43 Å². The predicted octanol–water partition coefficient (Wildman–Crippen LogP) is 2.17. The highest BCUT2D eigenvalue weighted by Gasteiger charge is 2.14. The number of aliphatic imine (C=N–C) groups is 1. The average Bonchev–Trinajstić information content (AvgIpc) is 2.84. The van der Waals surface area contributed by atoms with Crippen LogP contribution in [0.25, 0.3) is 0 Å². The number of hydrazine groups is 1. The first kappa shape index (κ1) is 12.0. The standard InChI is InChI=1S/C13H18FN3/c14-11-7-5-10(6-8-11)9-13(17-15)16-12-3-1-2-4-12/h5-8,12H,1-4,9,15H2,(H,16,17). The first-order valence-electron chi connectivity index (χ1n) is 6.05. The molecule has 1 aromatic rings. The summed E-state index contributed by atoms with van der Waals surface area (Å²) in [5.41, 5.74) is 3.66. The molecule has 3 nitrogen and oxygen atoms in total. The Labute approximate surface area is 101 Å². The summed E-state index contributed by atoms with van der Waals surface area (Å²) in [7, 11) is 0. The van der Waals surface area contributed by atoms with E-state index >= 15 is 0 Å². The molecular formula is C13H18FN3. The van der Waals surface area contributed by atoms with E-state index in [1.54, 1.807) is 12.1 Å². The molecule has 0 amide bonds. The molecule has 0 aromatic heterocycles. The molecule has 1 saturated carbocycles. The van der Waals surface area contributed by atoms with Crippen molar-refractivity contribution in [2.75, 3.05) is 0 Å². The van der Waals surface area contributed by atoms with Crippen molar-refractivity contribution in [3.63, 3.8) is 0 Å². The van der Waals surface area contributed by atoms with Gasteiger partial charge in [-0.15, -0.1) is 0 Å². The maximum Gasteiger partial charge on any atom is 0.123 e. The lowest BCUT2D eigenvalue weighted by Gasteiger charge is -2.09. The molecule has 0 radical (unpaired) electrons. The van der Waals surface area contributed by atoms with Crippen LogP contribution in [-0.4, -0.2) is 11.9 Å². The molecule has 3 N–H and O–H groups in total. The molecule has 0 saturated heterocycles. The second kappa shape index (κ2) is 5.77. The topological polar surface area (TPSA) is 50.4 Å². The minimum absolute atomic E-state index is 0.219. The maximum atomic E-state index is 12.8. The molecular weight excluding hydrogens is 217 g/mol. The number of benzene rings is 1. The van der Waals surface area contributed by atoms with Gasteiger partial charge in [-0.2, -0.15) is 0 Å². The lowest BCUT2D eigenvalue weighted by Crippen LogP contribution is -2.33. The van der Waals surface area contributed by atoms with E-state index in [-0.39, 0.29) is 5.82 Å². The molecule has 4 heteroatoms. The molecule has 1 aliphatic carbocycles. The van der Waals surface area contributed by atoms with Crippen molar-refractivity contribution in [3.05, 3.63) is 35.6 Å². The van der Waals surface area contributed by atoms with Crippen LogP contribution in [0.4, 0.5) is 4.39 Å². The third-order valence-electron chi connectivity index (χ3n) is 3.11. The largest absolute Gasteiger partial charge is 0.312 e. The van der Waals surface area contributed by atoms with Crippen molar-refractivity contribution in [2.24, 2.45) is 10.8 Å². The summed E-state index contributed by atoms with van der Waals surface area (Å²) in [6, 6.07) is 6.84. The summed E-state index contributed by atoms with van der Waals surface area (Å²) in [4.78, 5) is 4.60. The summed E-state index contributed by atoms with van der Waals surface area (Å²) in [6.45, 7) is 0. The molecule has 1 aliphatic rings. The summed E-state index contributed by atoms with van der Waals surface area (Å²) in [6.07, 6.45) is 5.43. The molecule has 0 aliphatic heterocycles. The number of rotatable bonds is 3. The van der Waals surface area contributed by atoms with Gasteiger partial charge in [0.05, 0.1) is 6.04 Å². The Kier molecular flexibility index (Phi) is 4.09. The summed E-state index contributed by atoms with van der Waals surface area (Å²) >= 11 is 0. The summed E-state index contributed by atoms with van der Waals surface area (Å²) in [5.74, 6) is 6.04. The number of nitrogens with two attached hydrogens (primary N) is 1.